The van der Waals surface area contributed by atoms with Crippen molar-refractivity contribution in [2.75, 3.05) is 67.6 Å². The van der Waals surface area contributed by atoms with E-state index >= 15 is 0 Å². The average Bonchev–Trinajstić information content (AvgIpc) is 3.57. The fraction of sp³-hybridized carbons (Fsp3) is 0.439. The van der Waals surface area contributed by atoms with Crippen molar-refractivity contribution in [3.63, 3.8) is 0 Å². The van der Waals surface area contributed by atoms with Gasteiger partial charge in [0.1, 0.15) is 23.7 Å². The molecule has 0 bridgehead atoms. The predicted molar refractivity (Wildman–Crippen MR) is 202 cm³/mol. The Balaban J connectivity index is 1.10. The summed E-state index contributed by atoms with van der Waals surface area (Å²) in [7, 11) is 11.1. The van der Waals surface area contributed by atoms with E-state index in [0.29, 0.717) is 12.8 Å². The summed E-state index contributed by atoms with van der Waals surface area (Å²) in [6, 6.07) is 15.9. The molecule has 14 heteroatoms. The number of carbonyl (C=O) groups is 3. The van der Waals surface area contributed by atoms with E-state index in [1.807, 2.05) is 31.1 Å². The zero-order valence-corrected chi connectivity index (χ0v) is 32.1. The molecule has 2 aliphatic heterocycles. The Labute approximate surface area is 319 Å². The van der Waals surface area contributed by atoms with Crippen LogP contribution < -0.4 is 28.6 Å². The van der Waals surface area contributed by atoms with E-state index in [9.17, 15) is 14.4 Å². The Hall–Kier alpha value is -5.47. The number of methoxy groups -OCH3 is 5. The molecule has 1 aromatic heterocycles. The third-order valence-corrected chi connectivity index (χ3v) is 11.3. The monoisotopic (exact) mass is 757 g/mol. The lowest BCUT2D eigenvalue weighted by Gasteiger charge is -2.52. The van der Waals surface area contributed by atoms with Gasteiger partial charge in [0.15, 0.2) is 11.5 Å². The van der Waals surface area contributed by atoms with Crippen LogP contribution in [0.1, 0.15) is 40.5 Å². The van der Waals surface area contributed by atoms with Crippen LogP contribution in [0.3, 0.4) is 0 Å². The maximum Gasteiger partial charge on any atom is 0.519 e. The van der Waals surface area contributed by atoms with Crippen LogP contribution >= 0.6 is 0 Å². The van der Waals surface area contributed by atoms with Gasteiger partial charge in [-0.05, 0) is 85.2 Å². The number of rotatable bonds is 10. The Bertz CT molecular complexity index is 2040. The number of piperidine rings is 1. The van der Waals surface area contributed by atoms with Crippen LogP contribution in [-0.2, 0) is 25.4 Å². The van der Waals surface area contributed by atoms with Gasteiger partial charge in [0.25, 0.3) is 0 Å². The number of hydrogen-bond acceptors (Lipinski definition) is 13. The fourth-order valence-electron chi connectivity index (χ4n) is 8.67. The molecule has 1 aliphatic carbocycles. The minimum atomic E-state index is -1.03. The minimum Gasteiger partial charge on any atom is -0.497 e. The first-order valence-electron chi connectivity index (χ1n) is 18.2. The Morgan fingerprint density at radius 3 is 2.18 bits per heavy atom. The topological polar surface area (TPSA) is 147 Å². The summed E-state index contributed by atoms with van der Waals surface area (Å²) >= 11 is 0. The molecular formula is C41H47N3O11. The molecule has 1 saturated carbocycles. The van der Waals surface area contributed by atoms with Crippen molar-refractivity contribution in [2.45, 2.75) is 37.5 Å². The van der Waals surface area contributed by atoms with E-state index in [-0.39, 0.29) is 46.4 Å². The van der Waals surface area contributed by atoms with Crippen LogP contribution in [0.15, 0.2) is 54.6 Å². The summed E-state index contributed by atoms with van der Waals surface area (Å²) in [5.41, 5.74) is 4.51. The van der Waals surface area contributed by atoms with Gasteiger partial charge >= 0.3 is 18.1 Å². The molecule has 292 valence electrons. The second kappa shape index (κ2) is 15.7. The van der Waals surface area contributed by atoms with Crippen molar-refractivity contribution < 1.29 is 52.3 Å². The molecular weight excluding hydrogens is 710 g/mol. The molecule has 0 unspecified atom stereocenters. The molecule has 3 heterocycles. The van der Waals surface area contributed by atoms with Crippen molar-refractivity contribution in [2.24, 2.45) is 17.8 Å². The first-order valence-corrected chi connectivity index (χ1v) is 18.2. The number of aromatic nitrogens is 1. The van der Waals surface area contributed by atoms with Gasteiger partial charge in [0, 0.05) is 62.6 Å². The third-order valence-electron chi connectivity index (χ3n) is 11.3. The number of fused-ring (bicyclic) bond motifs is 6. The van der Waals surface area contributed by atoms with Crippen molar-refractivity contribution in [3.8, 4) is 28.7 Å². The number of aromatic amines is 1. The molecule has 0 amide bonds. The van der Waals surface area contributed by atoms with Crippen LogP contribution in [0, 0.1) is 17.8 Å². The molecule has 0 spiro atoms. The van der Waals surface area contributed by atoms with E-state index in [2.05, 4.69) is 16.0 Å². The van der Waals surface area contributed by atoms with Crippen molar-refractivity contribution in [1.29, 1.82) is 0 Å². The molecule has 6 atom stereocenters. The SMILES string of the molecule is COC(=O)[C@H]1[C@H]2C[C@@H]3c4[nH]c5cc(OC)ccc5c4CCN3C[C@H]2C[C@@H](OC(=O)c2cc(OC)c(OC(=O)Oc3ccc(N(C)C)cc3)c(OC)c2)[C@@H]1OC. The molecule has 1 N–H and O–H groups in total. The number of ether oxygens (including phenoxy) is 8. The van der Waals surface area contributed by atoms with E-state index in [4.69, 9.17) is 37.9 Å². The zero-order chi connectivity index (χ0) is 39.0. The van der Waals surface area contributed by atoms with Gasteiger partial charge in [0.2, 0.25) is 5.75 Å². The van der Waals surface area contributed by atoms with Gasteiger partial charge in [-0.2, -0.15) is 0 Å². The lowest BCUT2D eigenvalue weighted by Crippen LogP contribution is -2.58. The van der Waals surface area contributed by atoms with Gasteiger partial charge in [-0.25, -0.2) is 9.59 Å². The van der Waals surface area contributed by atoms with Crippen LogP contribution in [0.2, 0.25) is 0 Å². The van der Waals surface area contributed by atoms with Gasteiger partial charge in [-0.3, -0.25) is 9.69 Å². The van der Waals surface area contributed by atoms with Crippen molar-refractivity contribution in [3.05, 3.63) is 71.4 Å². The number of nitrogens with zero attached hydrogens (tertiary/aromatic N) is 2. The summed E-state index contributed by atoms with van der Waals surface area (Å²) in [6.07, 6.45) is -0.460. The highest BCUT2D eigenvalue weighted by Crippen LogP contribution is 2.51. The molecule has 55 heavy (non-hydrogen) atoms. The van der Waals surface area contributed by atoms with Gasteiger partial charge in [0.05, 0.1) is 46.0 Å². The molecule has 1 saturated heterocycles. The minimum absolute atomic E-state index is 0.0283. The summed E-state index contributed by atoms with van der Waals surface area (Å²) in [5.74, 6) is -0.738. The van der Waals surface area contributed by atoms with Crippen LogP contribution in [0.25, 0.3) is 10.9 Å². The number of hydrogen-bond donors (Lipinski definition) is 1. The van der Waals surface area contributed by atoms with Gasteiger partial charge in [-0.15, -0.1) is 0 Å². The van der Waals surface area contributed by atoms with Crippen LogP contribution in [-0.4, -0.2) is 103 Å². The highest BCUT2D eigenvalue weighted by molar-refractivity contribution is 5.92. The van der Waals surface area contributed by atoms with E-state index < -0.39 is 36.2 Å². The molecule has 14 nitrogen and oxygen atoms in total. The number of benzene rings is 3. The predicted octanol–water partition coefficient (Wildman–Crippen LogP) is 5.81. The summed E-state index contributed by atoms with van der Waals surface area (Å²) in [6.45, 7) is 1.58. The molecule has 0 radical (unpaired) electrons. The Kier molecular flexibility index (Phi) is 10.8. The third kappa shape index (κ3) is 7.23. The Morgan fingerprint density at radius 1 is 0.836 bits per heavy atom. The number of carbonyl (C=O) groups excluding carboxylic acids is 3. The van der Waals surface area contributed by atoms with Gasteiger partial charge in [-0.1, -0.05) is 0 Å². The largest absolute Gasteiger partial charge is 0.519 e. The molecule has 3 aliphatic rings. The highest BCUT2D eigenvalue weighted by Gasteiger charge is 2.54. The second-order valence-corrected chi connectivity index (χ2v) is 14.3. The summed E-state index contributed by atoms with van der Waals surface area (Å²) in [5, 5.41) is 1.19. The first kappa shape index (κ1) is 37.8. The number of nitrogens with one attached hydrogen (secondary N) is 1. The smallest absolute Gasteiger partial charge is 0.497 e. The number of anilines is 1. The van der Waals surface area contributed by atoms with Gasteiger partial charge < -0.3 is 47.8 Å². The molecule has 7 rings (SSSR count). The van der Waals surface area contributed by atoms with E-state index in [1.54, 1.807) is 31.4 Å². The highest BCUT2D eigenvalue weighted by atomic mass is 16.7. The van der Waals surface area contributed by atoms with E-state index in [1.165, 1.54) is 57.2 Å². The fourth-order valence-corrected chi connectivity index (χ4v) is 8.67. The van der Waals surface area contributed by atoms with Crippen molar-refractivity contribution >= 4 is 34.7 Å². The summed E-state index contributed by atoms with van der Waals surface area (Å²) < 4.78 is 44.9. The standard InChI is InChI=1S/C41H47N3O11/c1-43(2)24-8-10-25(11-9-24)53-41(47)55-37-32(49-4)16-22(17-33(37)50-5)39(45)54-34-18-23-21-44-15-14-28-27-13-12-26(48-3)19-30(27)42-36(28)31(44)20-29(23)35(38(34)51-6)40(46)52-7/h8-13,16-17,19,23,29,31,34-35,38,42H,14-15,18,20-21H2,1-7H3/t23-,29+,31-,34-,35+,38+/m1/s1. The maximum absolute atomic E-state index is 13.9. The Morgan fingerprint density at radius 2 is 1.55 bits per heavy atom. The molecule has 2 fully saturated rings. The number of esters is 2. The first-order chi connectivity index (χ1) is 26.6. The average molecular weight is 758 g/mol. The van der Waals surface area contributed by atoms with Crippen LogP contribution in [0.5, 0.6) is 28.7 Å². The van der Waals surface area contributed by atoms with E-state index in [0.717, 1.165) is 36.5 Å². The molecule has 3 aromatic carbocycles. The summed E-state index contributed by atoms with van der Waals surface area (Å²) in [4.78, 5) is 48.4. The zero-order valence-electron chi connectivity index (χ0n) is 32.1. The maximum atomic E-state index is 13.9. The second-order valence-electron chi connectivity index (χ2n) is 14.3. The normalized spacial score (nSPS) is 23.0. The number of H-pyrrole nitrogens is 1. The quantitative estimate of drug-likeness (QED) is 0.154. The lowest BCUT2D eigenvalue weighted by molar-refractivity contribution is -0.176. The molecule has 4 aromatic rings. The lowest BCUT2D eigenvalue weighted by atomic mass is 9.63. The van der Waals surface area contributed by atoms with Crippen LogP contribution in [0.4, 0.5) is 10.5 Å². The van der Waals surface area contributed by atoms with Crippen molar-refractivity contribution in [1.82, 2.24) is 9.88 Å².